The molecule has 0 radical (unpaired) electrons. The molecule has 1 aromatic rings. The lowest BCUT2D eigenvalue weighted by molar-refractivity contribution is -0.130. The fourth-order valence-electron chi connectivity index (χ4n) is 1.93. The second-order valence-electron chi connectivity index (χ2n) is 4.75. The Morgan fingerprint density at radius 2 is 1.71 bits per heavy atom. The number of halogens is 1. The van der Waals surface area contributed by atoms with Crippen LogP contribution in [0.5, 0.6) is 5.75 Å². The van der Waals surface area contributed by atoms with Crippen molar-refractivity contribution in [2.45, 2.75) is 20.3 Å². The maximum Gasteiger partial charge on any atom is 0.223 e. The molecule has 0 unspecified atom stereocenters. The summed E-state index contributed by atoms with van der Waals surface area (Å²) in [5.41, 5.74) is 0. The van der Waals surface area contributed by atoms with Crippen LogP contribution in [0.15, 0.2) is 30.3 Å². The summed E-state index contributed by atoms with van der Waals surface area (Å²) < 4.78 is 5.59. The molecule has 0 aliphatic carbocycles. The van der Waals surface area contributed by atoms with Crippen molar-refractivity contribution in [3.63, 3.8) is 0 Å². The molecule has 0 aliphatic heterocycles. The fraction of sp³-hybridized carbons (Fsp3) is 0.562. The Morgan fingerprint density at radius 1 is 1.10 bits per heavy atom. The average molecular weight is 315 g/mol. The number of benzene rings is 1. The van der Waals surface area contributed by atoms with Gasteiger partial charge in [-0.2, -0.15) is 0 Å². The first kappa shape index (κ1) is 19.7. The van der Waals surface area contributed by atoms with Gasteiger partial charge in [-0.05, 0) is 25.2 Å². The Kier molecular flexibility index (Phi) is 10.7. The quantitative estimate of drug-likeness (QED) is 0.702. The van der Waals surface area contributed by atoms with Gasteiger partial charge in [-0.3, -0.25) is 4.79 Å². The van der Waals surface area contributed by atoms with Crippen LogP contribution < -0.4 is 4.74 Å². The molecular formula is C16H27ClN2O2. The number of amides is 1. The van der Waals surface area contributed by atoms with Gasteiger partial charge in [0.2, 0.25) is 5.91 Å². The first-order chi connectivity index (χ1) is 9.67. The Hall–Kier alpha value is -1.26. The van der Waals surface area contributed by atoms with Gasteiger partial charge >= 0.3 is 0 Å². The van der Waals surface area contributed by atoms with Gasteiger partial charge < -0.3 is 14.5 Å². The minimum Gasteiger partial charge on any atom is -0.492 e. The van der Waals surface area contributed by atoms with E-state index in [0.29, 0.717) is 19.6 Å². The zero-order chi connectivity index (χ0) is 14.8. The predicted octanol–water partition coefficient (Wildman–Crippen LogP) is 2.68. The molecule has 120 valence electrons. The maximum atomic E-state index is 12.0. The molecule has 0 fully saturated rings. The Balaban J connectivity index is 0.00000400. The first-order valence-electron chi connectivity index (χ1n) is 7.31. The van der Waals surface area contributed by atoms with E-state index in [0.717, 1.165) is 25.4 Å². The summed E-state index contributed by atoms with van der Waals surface area (Å²) in [5.74, 6) is 1.02. The van der Waals surface area contributed by atoms with E-state index in [-0.39, 0.29) is 18.3 Å². The van der Waals surface area contributed by atoms with Crippen LogP contribution in [-0.2, 0) is 4.79 Å². The van der Waals surface area contributed by atoms with Crippen molar-refractivity contribution >= 4 is 18.3 Å². The Morgan fingerprint density at radius 3 is 2.29 bits per heavy atom. The van der Waals surface area contributed by atoms with Gasteiger partial charge in [0, 0.05) is 20.0 Å². The number of likely N-dealkylation sites (N-methyl/N-ethyl adjacent to an activating group) is 1. The van der Waals surface area contributed by atoms with Crippen molar-refractivity contribution in [2.24, 2.45) is 0 Å². The summed E-state index contributed by atoms with van der Waals surface area (Å²) in [6.45, 7) is 8.19. The average Bonchev–Trinajstić information content (AvgIpc) is 2.49. The van der Waals surface area contributed by atoms with Crippen molar-refractivity contribution in [2.75, 3.05) is 39.8 Å². The number of rotatable bonds is 9. The van der Waals surface area contributed by atoms with E-state index < -0.39 is 0 Å². The molecule has 5 heteroatoms. The van der Waals surface area contributed by atoms with Crippen molar-refractivity contribution in [1.82, 2.24) is 9.80 Å². The molecule has 1 aromatic carbocycles. The highest BCUT2D eigenvalue weighted by Crippen LogP contribution is 2.07. The van der Waals surface area contributed by atoms with Crippen LogP contribution >= 0.6 is 12.4 Å². The van der Waals surface area contributed by atoms with Crippen LogP contribution in [0.4, 0.5) is 0 Å². The second-order valence-corrected chi connectivity index (χ2v) is 4.75. The number of para-hydroxylation sites is 1. The number of ether oxygens (including phenoxy) is 1. The number of carbonyl (C=O) groups excluding carboxylic acids is 1. The standard InChI is InChI=1S/C16H26N2O2.ClH/c1-4-18(5-2)12-11-16(19)17(3)13-14-20-15-9-7-6-8-10-15;/h6-10H,4-5,11-14H2,1-3H3;1H. The van der Waals surface area contributed by atoms with Gasteiger partial charge in [-0.1, -0.05) is 32.0 Å². The van der Waals surface area contributed by atoms with Crippen LogP contribution in [0.2, 0.25) is 0 Å². The molecule has 0 N–H and O–H groups in total. The van der Waals surface area contributed by atoms with E-state index >= 15 is 0 Å². The fourth-order valence-corrected chi connectivity index (χ4v) is 1.93. The van der Waals surface area contributed by atoms with Crippen LogP contribution in [0.3, 0.4) is 0 Å². The van der Waals surface area contributed by atoms with Gasteiger partial charge in [-0.15, -0.1) is 12.4 Å². The minimum absolute atomic E-state index is 0. The third-order valence-corrected chi connectivity index (χ3v) is 3.40. The topological polar surface area (TPSA) is 32.8 Å². The number of nitrogens with zero attached hydrogens (tertiary/aromatic N) is 2. The smallest absolute Gasteiger partial charge is 0.223 e. The molecule has 1 amide bonds. The number of carbonyl (C=O) groups is 1. The summed E-state index contributed by atoms with van der Waals surface area (Å²) >= 11 is 0. The minimum atomic E-state index is 0. The van der Waals surface area contributed by atoms with Gasteiger partial charge in [-0.25, -0.2) is 0 Å². The van der Waals surface area contributed by atoms with Crippen LogP contribution in [-0.4, -0.2) is 55.5 Å². The van der Waals surface area contributed by atoms with Crippen LogP contribution in [0, 0.1) is 0 Å². The molecule has 0 aliphatic rings. The Labute approximate surface area is 134 Å². The molecule has 0 saturated carbocycles. The van der Waals surface area contributed by atoms with Gasteiger partial charge in [0.15, 0.2) is 0 Å². The molecule has 1 rings (SSSR count). The largest absolute Gasteiger partial charge is 0.492 e. The van der Waals surface area contributed by atoms with Crippen molar-refractivity contribution < 1.29 is 9.53 Å². The van der Waals surface area contributed by atoms with E-state index in [2.05, 4.69) is 18.7 Å². The predicted molar refractivity (Wildman–Crippen MR) is 89.2 cm³/mol. The van der Waals surface area contributed by atoms with E-state index in [4.69, 9.17) is 4.74 Å². The third kappa shape index (κ3) is 7.93. The van der Waals surface area contributed by atoms with Gasteiger partial charge in [0.25, 0.3) is 0 Å². The third-order valence-electron chi connectivity index (χ3n) is 3.40. The normalized spacial score (nSPS) is 10.1. The molecule has 0 heterocycles. The summed E-state index contributed by atoms with van der Waals surface area (Å²) in [7, 11) is 1.83. The van der Waals surface area contributed by atoms with Crippen molar-refractivity contribution in [3.05, 3.63) is 30.3 Å². The molecule has 4 nitrogen and oxygen atoms in total. The van der Waals surface area contributed by atoms with E-state index in [1.807, 2.05) is 37.4 Å². The summed E-state index contributed by atoms with van der Waals surface area (Å²) in [5, 5.41) is 0. The van der Waals surface area contributed by atoms with Gasteiger partial charge in [0.05, 0.1) is 6.54 Å². The summed E-state index contributed by atoms with van der Waals surface area (Å²) in [6.07, 6.45) is 0.573. The van der Waals surface area contributed by atoms with E-state index in [1.54, 1.807) is 4.90 Å². The molecule has 0 spiro atoms. The van der Waals surface area contributed by atoms with Crippen molar-refractivity contribution in [1.29, 1.82) is 0 Å². The molecular weight excluding hydrogens is 288 g/mol. The van der Waals surface area contributed by atoms with Gasteiger partial charge in [0.1, 0.15) is 12.4 Å². The monoisotopic (exact) mass is 314 g/mol. The lowest BCUT2D eigenvalue weighted by Crippen LogP contribution is -2.34. The summed E-state index contributed by atoms with van der Waals surface area (Å²) in [6, 6.07) is 9.67. The number of hydrogen-bond acceptors (Lipinski definition) is 3. The highest BCUT2D eigenvalue weighted by Gasteiger charge is 2.10. The van der Waals surface area contributed by atoms with E-state index in [9.17, 15) is 4.79 Å². The zero-order valence-electron chi connectivity index (χ0n) is 13.2. The lowest BCUT2D eigenvalue weighted by Gasteiger charge is -2.21. The molecule has 0 aromatic heterocycles. The lowest BCUT2D eigenvalue weighted by atomic mass is 10.3. The Bertz CT molecular complexity index is 383. The zero-order valence-corrected chi connectivity index (χ0v) is 14.1. The van der Waals surface area contributed by atoms with E-state index in [1.165, 1.54) is 0 Å². The first-order valence-corrected chi connectivity index (χ1v) is 7.31. The van der Waals surface area contributed by atoms with Crippen LogP contribution in [0.25, 0.3) is 0 Å². The van der Waals surface area contributed by atoms with Crippen LogP contribution in [0.1, 0.15) is 20.3 Å². The molecule has 0 atom stereocenters. The number of hydrogen-bond donors (Lipinski definition) is 0. The maximum absolute atomic E-state index is 12.0. The highest BCUT2D eigenvalue weighted by atomic mass is 35.5. The molecule has 0 saturated heterocycles. The second kappa shape index (κ2) is 11.4. The highest BCUT2D eigenvalue weighted by molar-refractivity contribution is 5.85. The molecule has 0 bridgehead atoms. The SMILES string of the molecule is CCN(CC)CCC(=O)N(C)CCOc1ccccc1.Cl. The van der Waals surface area contributed by atoms with Crippen molar-refractivity contribution in [3.8, 4) is 5.75 Å². The summed E-state index contributed by atoms with van der Waals surface area (Å²) in [4.78, 5) is 16.0. The molecule has 21 heavy (non-hydrogen) atoms.